The minimum atomic E-state index is -0.533. The van der Waals surface area contributed by atoms with E-state index in [1.54, 1.807) is 6.20 Å². The monoisotopic (exact) mass is 369 g/mol. The molecule has 0 fully saturated rings. The Kier molecular flexibility index (Phi) is 5.03. The predicted molar refractivity (Wildman–Crippen MR) is 83.5 cm³/mol. The Morgan fingerprint density at radius 1 is 1.52 bits per heavy atom. The zero-order valence-corrected chi connectivity index (χ0v) is 13.5. The van der Waals surface area contributed by atoms with Gasteiger partial charge >= 0.3 is 0 Å². The average molecular weight is 370 g/mol. The van der Waals surface area contributed by atoms with Gasteiger partial charge in [0.2, 0.25) is 0 Å². The van der Waals surface area contributed by atoms with Crippen LogP contribution in [-0.2, 0) is 13.0 Å². The quantitative estimate of drug-likeness (QED) is 0.646. The van der Waals surface area contributed by atoms with Gasteiger partial charge in [0.25, 0.3) is 11.6 Å². The maximum absolute atomic E-state index is 12.1. The minimum absolute atomic E-state index is 0.134. The van der Waals surface area contributed by atoms with Gasteiger partial charge in [-0.1, -0.05) is 13.0 Å². The molecule has 8 heteroatoms. The number of carbonyl (C=O) groups excluding carboxylic acids is 1. The number of aryl methyl sites for hydroxylation is 1. The van der Waals surface area contributed by atoms with Gasteiger partial charge in [-0.15, -0.1) is 11.3 Å². The highest BCUT2D eigenvalue weighted by atomic mass is 79.9. The molecule has 21 heavy (non-hydrogen) atoms. The first-order valence-electron chi connectivity index (χ1n) is 6.17. The molecule has 2 rings (SSSR count). The molecule has 0 saturated heterocycles. The van der Waals surface area contributed by atoms with Crippen molar-refractivity contribution >= 4 is 38.9 Å². The molecule has 1 aromatic heterocycles. The standard InChI is InChI=1S/C13H12BrN3O3S/c1-2-8-6-15-11(21-8)7-16-13(18)9-4-3-5-10(12(9)14)17(19)20/h3-6H,2,7H2,1H3,(H,16,18). The van der Waals surface area contributed by atoms with Crippen molar-refractivity contribution in [2.24, 2.45) is 0 Å². The van der Waals surface area contributed by atoms with Crippen LogP contribution in [0.2, 0.25) is 0 Å². The summed E-state index contributed by atoms with van der Waals surface area (Å²) in [5, 5.41) is 14.4. The fourth-order valence-corrected chi connectivity index (χ4v) is 3.07. The summed E-state index contributed by atoms with van der Waals surface area (Å²) in [6.45, 7) is 2.34. The zero-order valence-electron chi connectivity index (χ0n) is 11.1. The Labute approximate surface area is 133 Å². The second-order valence-corrected chi connectivity index (χ2v) is 6.15. The lowest BCUT2D eigenvalue weighted by atomic mass is 10.2. The number of benzene rings is 1. The lowest BCUT2D eigenvalue weighted by Gasteiger charge is -2.05. The van der Waals surface area contributed by atoms with Gasteiger partial charge in [-0.25, -0.2) is 4.98 Å². The molecule has 0 aliphatic carbocycles. The number of halogens is 1. The number of nitro groups is 1. The molecule has 1 amide bonds. The Bertz CT molecular complexity index is 687. The first-order chi connectivity index (χ1) is 10.0. The average Bonchev–Trinajstić information content (AvgIpc) is 2.92. The van der Waals surface area contributed by atoms with Gasteiger partial charge in [0.05, 0.1) is 17.0 Å². The molecule has 0 atom stereocenters. The van der Waals surface area contributed by atoms with Crippen LogP contribution in [-0.4, -0.2) is 15.8 Å². The van der Waals surface area contributed by atoms with E-state index < -0.39 is 4.92 Å². The van der Waals surface area contributed by atoms with Crippen LogP contribution in [0.15, 0.2) is 28.9 Å². The molecule has 1 aromatic carbocycles. The second kappa shape index (κ2) is 6.77. The number of hydrogen-bond donors (Lipinski definition) is 1. The molecule has 0 spiro atoms. The van der Waals surface area contributed by atoms with Crippen molar-refractivity contribution in [1.29, 1.82) is 0 Å². The first kappa shape index (κ1) is 15.6. The van der Waals surface area contributed by atoms with Crippen molar-refractivity contribution in [3.05, 3.63) is 54.4 Å². The number of amides is 1. The van der Waals surface area contributed by atoms with E-state index in [9.17, 15) is 14.9 Å². The lowest BCUT2D eigenvalue weighted by molar-refractivity contribution is -0.385. The van der Waals surface area contributed by atoms with E-state index in [-0.39, 0.29) is 21.6 Å². The molecule has 6 nitrogen and oxygen atoms in total. The predicted octanol–water partition coefficient (Wildman–Crippen LogP) is 3.31. The molecular formula is C13H12BrN3O3S. The summed E-state index contributed by atoms with van der Waals surface area (Å²) >= 11 is 4.65. The Balaban J connectivity index is 2.10. The largest absolute Gasteiger partial charge is 0.345 e. The van der Waals surface area contributed by atoms with Crippen LogP contribution < -0.4 is 5.32 Å². The first-order valence-corrected chi connectivity index (χ1v) is 7.78. The third-order valence-corrected chi connectivity index (χ3v) is 4.74. The van der Waals surface area contributed by atoms with Gasteiger partial charge in [0.1, 0.15) is 9.48 Å². The molecule has 0 bridgehead atoms. The fraction of sp³-hybridized carbons (Fsp3) is 0.231. The molecule has 0 unspecified atom stereocenters. The van der Waals surface area contributed by atoms with Crippen LogP contribution in [0.4, 0.5) is 5.69 Å². The van der Waals surface area contributed by atoms with E-state index in [4.69, 9.17) is 0 Å². The third-order valence-electron chi connectivity index (χ3n) is 2.77. The van der Waals surface area contributed by atoms with Gasteiger partial charge in [-0.05, 0) is 28.4 Å². The summed E-state index contributed by atoms with van der Waals surface area (Å²) in [5.74, 6) is -0.376. The number of hydrogen-bond acceptors (Lipinski definition) is 5. The number of carbonyl (C=O) groups is 1. The van der Waals surface area contributed by atoms with E-state index in [0.717, 1.165) is 16.3 Å². The smallest absolute Gasteiger partial charge is 0.284 e. The second-order valence-electron chi connectivity index (χ2n) is 4.15. The van der Waals surface area contributed by atoms with Crippen molar-refractivity contribution in [1.82, 2.24) is 10.3 Å². The molecule has 110 valence electrons. The highest BCUT2D eigenvalue weighted by Gasteiger charge is 2.19. The van der Waals surface area contributed by atoms with E-state index in [1.807, 2.05) is 6.92 Å². The Hall–Kier alpha value is -1.80. The molecule has 0 aliphatic rings. The summed E-state index contributed by atoms with van der Waals surface area (Å²) in [4.78, 5) is 27.8. The van der Waals surface area contributed by atoms with Crippen molar-refractivity contribution < 1.29 is 9.72 Å². The summed E-state index contributed by atoms with van der Waals surface area (Å²) in [7, 11) is 0. The van der Waals surface area contributed by atoms with Crippen LogP contribution in [0.5, 0.6) is 0 Å². The Morgan fingerprint density at radius 2 is 2.29 bits per heavy atom. The summed E-state index contributed by atoms with van der Waals surface area (Å²) < 4.78 is 0.181. The van der Waals surface area contributed by atoms with E-state index in [2.05, 4.69) is 26.2 Å². The normalized spacial score (nSPS) is 10.4. The van der Waals surface area contributed by atoms with Gasteiger partial charge in [-0.3, -0.25) is 14.9 Å². The van der Waals surface area contributed by atoms with Crippen molar-refractivity contribution in [2.45, 2.75) is 19.9 Å². The Morgan fingerprint density at radius 3 is 2.90 bits per heavy atom. The van der Waals surface area contributed by atoms with Crippen molar-refractivity contribution in [2.75, 3.05) is 0 Å². The molecular weight excluding hydrogens is 358 g/mol. The zero-order chi connectivity index (χ0) is 15.4. The molecule has 2 aromatic rings. The summed E-state index contributed by atoms with van der Waals surface area (Å²) in [5.41, 5.74) is 0.0987. The van der Waals surface area contributed by atoms with E-state index >= 15 is 0 Å². The summed E-state index contributed by atoms with van der Waals surface area (Å²) in [6.07, 6.45) is 2.69. The maximum atomic E-state index is 12.1. The van der Waals surface area contributed by atoms with Crippen LogP contribution in [0.3, 0.4) is 0 Å². The van der Waals surface area contributed by atoms with Gasteiger partial charge < -0.3 is 5.32 Å². The minimum Gasteiger partial charge on any atom is -0.345 e. The topological polar surface area (TPSA) is 85.1 Å². The number of nitrogens with one attached hydrogen (secondary N) is 1. The van der Waals surface area contributed by atoms with Crippen molar-refractivity contribution in [3.8, 4) is 0 Å². The van der Waals surface area contributed by atoms with Crippen LogP contribution in [0.1, 0.15) is 27.2 Å². The number of nitrogens with zero attached hydrogens (tertiary/aromatic N) is 2. The maximum Gasteiger partial charge on any atom is 0.284 e. The van der Waals surface area contributed by atoms with Crippen molar-refractivity contribution in [3.63, 3.8) is 0 Å². The van der Waals surface area contributed by atoms with Gasteiger partial charge in [0, 0.05) is 17.1 Å². The number of aromatic nitrogens is 1. The van der Waals surface area contributed by atoms with Gasteiger partial charge in [0.15, 0.2) is 0 Å². The highest BCUT2D eigenvalue weighted by molar-refractivity contribution is 9.10. The van der Waals surface area contributed by atoms with E-state index in [0.29, 0.717) is 6.54 Å². The molecule has 0 saturated carbocycles. The third kappa shape index (κ3) is 3.64. The molecule has 0 aliphatic heterocycles. The van der Waals surface area contributed by atoms with Crippen LogP contribution >= 0.6 is 27.3 Å². The number of rotatable bonds is 5. The molecule has 0 radical (unpaired) electrons. The molecule has 1 N–H and O–H groups in total. The number of thiazole rings is 1. The van der Waals surface area contributed by atoms with Crippen LogP contribution in [0, 0.1) is 10.1 Å². The fourth-order valence-electron chi connectivity index (χ4n) is 1.68. The highest BCUT2D eigenvalue weighted by Crippen LogP contribution is 2.28. The van der Waals surface area contributed by atoms with Crippen LogP contribution in [0.25, 0.3) is 0 Å². The lowest BCUT2D eigenvalue weighted by Crippen LogP contribution is -2.23. The van der Waals surface area contributed by atoms with E-state index in [1.165, 1.54) is 29.5 Å². The molecule has 1 heterocycles. The summed E-state index contributed by atoms with van der Waals surface area (Å²) in [6, 6.07) is 4.36. The SMILES string of the molecule is CCc1cnc(CNC(=O)c2cccc([N+](=O)[O-])c2Br)s1. The number of nitro benzene ring substituents is 1. The van der Waals surface area contributed by atoms with Gasteiger partial charge in [-0.2, -0.15) is 0 Å².